The van der Waals surface area contributed by atoms with Gasteiger partial charge in [-0.15, -0.1) is 0 Å². The number of rotatable bonds is 0. The Kier molecular flexibility index (Phi) is 0.866. The molecule has 2 heteroatoms. The Balaban J connectivity index is 2.01. The van der Waals surface area contributed by atoms with Crippen molar-refractivity contribution in [1.29, 1.82) is 0 Å². The highest BCUT2D eigenvalue weighted by Crippen LogP contribution is 2.27. The highest BCUT2D eigenvalue weighted by Gasteiger charge is 2.39. The molecule has 2 aliphatic heterocycles. The van der Waals surface area contributed by atoms with Gasteiger partial charge in [-0.05, 0) is 19.4 Å². The largest absolute Gasteiger partial charge is 0.379 e. The second-order valence-electron chi connectivity index (χ2n) is 2.76. The molecule has 0 aromatic rings. The van der Waals surface area contributed by atoms with E-state index >= 15 is 0 Å². The highest BCUT2D eigenvalue weighted by molar-refractivity contribution is 4.98. The van der Waals surface area contributed by atoms with Gasteiger partial charge in [-0.3, -0.25) is 0 Å². The first kappa shape index (κ1) is 4.77. The summed E-state index contributed by atoms with van der Waals surface area (Å²) in [5, 5.41) is 3.40. The molecular formula is C6H11NO. The molecule has 1 spiro atoms. The van der Waals surface area contributed by atoms with Crippen molar-refractivity contribution in [3.05, 3.63) is 0 Å². The molecule has 0 saturated carbocycles. The molecule has 1 N–H and O–H groups in total. The van der Waals surface area contributed by atoms with Crippen LogP contribution in [0.2, 0.25) is 0 Å². The van der Waals surface area contributed by atoms with E-state index in [1.165, 1.54) is 19.4 Å². The lowest BCUT2D eigenvalue weighted by atomic mass is 9.88. The lowest BCUT2D eigenvalue weighted by Gasteiger charge is -2.38. The molecule has 2 rings (SSSR count). The second-order valence-corrected chi connectivity index (χ2v) is 2.76. The maximum absolute atomic E-state index is 5.24. The van der Waals surface area contributed by atoms with Crippen LogP contribution in [-0.4, -0.2) is 25.3 Å². The Morgan fingerprint density at radius 3 is 2.50 bits per heavy atom. The number of hydrogen-bond donors (Lipinski definition) is 1. The molecule has 1 atom stereocenters. The Labute approximate surface area is 49.2 Å². The standard InChI is InChI=1S/C6H11NO/c1-3-7-6(1)2-4-8-5-6/h7H,1-5H2/t6-/m0/s1. The summed E-state index contributed by atoms with van der Waals surface area (Å²) in [4.78, 5) is 0. The van der Waals surface area contributed by atoms with E-state index in [1.54, 1.807) is 0 Å². The van der Waals surface area contributed by atoms with E-state index in [4.69, 9.17) is 4.74 Å². The molecule has 0 bridgehead atoms. The Morgan fingerprint density at radius 1 is 1.38 bits per heavy atom. The molecule has 0 aliphatic carbocycles. The third-order valence-electron chi connectivity index (χ3n) is 2.21. The number of hydrogen-bond acceptors (Lipinski definition) is 2. The van der Waals surface area contributed by atoms with E-state index in [0.717, 1.165) is 13.2 Å². The first-order valence-electron chi connectivity index (χ1n) is 3.24. The lowest BCUT2D eigenvalue weighted by molar-refractivity contribution is 0.134. The molecule has 46 valence electrons. The molecule has 2 nitrogen and oxygen atoms in total. The minimum Gasteiger partial charge on any atom is -0.379 e. The van der Waals surface area contributed by atoms with Crippen molar-refractivity contribution in [1.82, 2.24) is 5.32 Å². The maximum atomic E-state index is 5.24. The minimum absolute atomic E-state index is 0.444. The molecule has 0 aromatic heterocycles. The van der Waals surface area contributed by atoms with Gasteiger partial charge in [0.15, 0.2) is 0 Å². The monoisotopic (exact) mass is 113 g/mol. The lowest BCUT2D eigenvalue weighted by Crippen LogP contribution is -2.57. The van der Waals surface area contributed by atoms with Gasteiger partial charge in [0, 0.05) is 12.1 Å². The highest BCUT2D eigenvalue weighted by atomic mass is 16.5. The molecule has 0 unspecified atom stereocenters. The predicted octanol–water partition coefficient (Wildman–Crippen LogP) is 0.139. The van der Waals surface area contributed by atoms with Crippen LogP contribution in [0.1, 0.15) is 12.8 Å². The summed E-state index contributed by atoms with van der Waals surface area (Å²) >= 11 is 0. The average molecular weight is 113 g/mol. The molecule has 2 saturated heterocycles. The summed E-state index contributed by atoms with van der Waals surface area (Å²) in [6.45, 7) is 3.11. The second kappa shape index (κ2) is 1.45. The Hall–Kier alpha value is -0.0800. The van der Waals surface area contributed by atoms with Crippen LogP contribution in [0.15, 0.2) is 0 Å². The molecule has 2 heterocycles. The number of nitrogens with one attached hydrogen (secondary N) is 1. The molecule has 0 amide bonds. The van der Waals surface area contributed by atoms with Gasteiger partial charge < -0.3 is 10.1 Å². The molecule has 8 heavy (non-hydrogen) atoms. The zero-order chi connectivity index (χ0) is 5.45. The van der Waals surface area contributed by atoms with E-state index in [-0.39, 0.29) is 0 Å². The van der Waals surface area contributed by atoms with Crippen molar-refractivity contribution in [3.63, 3.8) is 0 Å². The topological polar surface area (TPSA) is 21.3 Å². The van der Waals surface area contributed by atoms with Crippen LogP contribution in [-0.2, 0) is 4.74 Å². The van der Waals surface area contributed by atoms with Gasteiger partial charge in [-0.2, -0.15) is 0 Å². The van der Waals surface area contributed by atoms with E-state index in [0.29, 0.717) is 5.54 Å². The Bertz CT molecular complexity index is 90.7. The van der Waals surface area contributed by atoms with Gasteiger partial charge in [0.25, 0.3) is 0 Å². The molecule has 2 aliphatic rings. The van der Waals surface area contributed by atoms with Crippen molar-refractivity contribution in [2.45, 2.75) is 18.4 Å². The number of ether oxygens (including phenoxy) is 1. The van der Waals surface area contributed by atoms with E-state index in [2.05, 4.69) is 5.32 Å². The predicted molar refractivity (Wildman–Crippen MR) is 30.8 cm³/mol. The van der Waals surface area contributed by atoms with Gasteiger partial charge in [0.1, 0.15) is 0 Å². The van der Waals surface area contributed by atoms with Crippen molar-refractivity contribution in [3.8, 4) is 0 Å². The van der Waals surface area contributed by atoms with Crippen LogP contribution in [0, 0.1) is 0 Å². The summed E-state index contributed by atoms with van der Waals surface area (Å²) in [6.07, 6.45) is 2.56. The fraction of sp³-hybridized carbons (Fsp3) is 1.00. The van der Waals surface area contributed by atoms with Crippen LogP contribution in [0.4, 0.5) is 0 Å². The maximum Gasteiger partial charge on any atom is 0.0649 e. The van der Waals surface area contributed by atoms with Crippen LogP contribution >= 0.6 is 0 Å². The average Bonchev–Trinajstić information content (AvgIpc) is 2.07. The first-order valence-corrected chi connectivity index (χ1v) is 3.24. The quantitative estimate of drug-likeness (QED) is 0.482. The van der Waals surface area contributed by atoms with Crippen LogP contribution < -0.4 is 5.32 Å². The fourth-order valence-corrected chi connectivity index (χ4v) is 1.42. The van der Waals surface area contributed by atoms with Gasteiger partial charge in [0.2, 0.25) is 0 Å². The van der Waals surface area contributed by atoms with Crippen LogP contribution in [0.25, 0.3) is 0 Å². The zero-order valence-corrected chi connectivity index (χ0v) is 4.94. The van der Waals surface area contributed by atoms with Crippen molar-refractivity contribution < 1.29 is 4.74 Å². The molecule has 2 fully saturated rings. The summed E-state index contributed by atoms with van der Waals surface area (Å²) in [6, 6.07) is 0. The van der Waals surface area contributed by atoms with Crippen LogP contribution in [0.3, 0.4) is 0 Å². The summed E-state index contributed by atoms with van der Waals surface area (Å²) in [5.74, 6) is 0. The minimum atomic E-state index is 0.444. The Morgan fingerprint density at radius 2 is 2.25 bits per heavy atom. The summed E-state index contributed by atoms with van der Waals surface area (Å²) in [5.41, 5.74) is 0.444. The summed E-state index contributed by atoms with van der Waals surface area (Å²) in [7, 11) is 0. The fourth-order valence-electron chi connectivity index (χ4n) is 1.42. The van der Waals surface area contributed by atoms with Gasteiger partial charge in [-0.1, -0.05) is 0 Å². The van der Waals surface area contributed by atoms with Crippen molar-refractivity contribution in [2.24, 2.45) is 0 Å². The normalized spacial score (nSPS) is 45.0. The van der Waals surface area contributed by atoms with Gasteiger partial charge in [0.05, 0.1) is 6.61 Å². The molecule has 0 aromatic carbocycles. The first-order chi connectivity index (χ1) is 3.91. The molecular weight excluding hydrogens is 102 g/mol. The van der Waals surface area contributed by atoms with Crippen molar-refractivity contribution in [2.75, 3.05) is 19.8 Å². The molecule has 0 radical (unpaired) electrons. The third-order valence-corrected chi connectivity index (χ3v) is 2.21. The van der Waals surface area contributed by atoms with E-state index in [9.17, 15) is 0 Å². The van der Waals surface area contributed by atoms with E-state index < -0.39 is 0 Å². The van der Waals surface area contributed by atoms with Crippen molar-refractivity contribution >= 4 is 0 Å². The van der Waals surface area contributed by atoms with Crippen LogP contribution in [0.5, 0.6) is 0 Å². The van der Waals surface area contributed by atoms with E-state index in [1.807, 2.05) is 0 Å². The third kappa shape index (κ3) is 0.501. The zero-order valence-electron chi connectivity index (χ0n) is 4.94. The summed E-state index contributed by atoms with van der Waals surface area (Å²) < 4.78 is 5.24. The van der Waals surface area contributed by atoms with Gasteiger partial charge in [-0.25, -0.2) is 0 Å². The smallest absolute Gasteiger partial charge is 0.0649 e. The SMILES string of the molecule is C1C[C@@]2(CCOC2)N1. The van der Waals surface area contributed by atoms with Gasteiger partial charge >= 0.3 is 0 Å².